The van der Waals surface area contributed by atoms with E-state index in [1.165, 1.54) is 0 Å². The van der Waals surface area contributed by atoms with Gasteiger partial charge in [-0.1, -0.05) is 0 Å². The highest BCUT2D eigenvalue weighted by Crippen LogP contribution is 2.27. The molecule has 0 spiro atoms. The highest BCUT2D eigenvalue weighted by molar-refractivity contribution is 6.06. The van der Waals surface area contributed by atoms with Gasteiger partial charge in [0.05, 0.1) is 13.2 Å². The highest BCUT2D eigenvalue weighted by Gasteiger charge is 2.23. The van der Waals surface area contributed by atoms with Crippen molar-refractivity contribution < 1.29 is 9.53 Å². The molecular weight excluding hydrogens is 384 g/mol. The summed E-state index contributed by atoms with van der Waals surface area (Å²) in [5.74, 6) is 1.30. The topological polar surface area (TPSA) is 119 Å². The van der Waals surface area contributed by atoms with Crippen molar-refractivity contribution in [2.75, 3.05) is 36.9 Å². The standard InChI is InChI=1S/C20H28N8O2/c1-5-21-19(29)16-15-17(28(27-16)10-11-30-7-3)18(26-20(25-15)22-6-2)24-14-12-13(4)8-9-23-14/h8-9,12H,5-7,10-11H2,1-4H3,(H,21,29)(H2,22,23,24,25,26). The maximum absolute atomic E-state index is 12.7. The van der Waals surface area contributed by atoms with Gasteiger partial charge in [0.15, 0.2) is 11.5 Å². The molecule has 0 saturated carbocycles. The molecule has 3 heterocycles. The second-order valence-electron chi connectivity index (χ2n) is 6.59. The van der Waals surface area contributed by atoms with Gasteiger partial charge in [-0.05, 0) is 45.4 Å². The molecule has 30 heavy (non-hydrogen) atoms. The summed E-state index contributed by atoms with van der Waals surface area (Å²) in [5, 5.41) is 13.7. The van der Waals surface area contributed by atoms with E-state index in [1.54, 1.807) is 10.9 Å². The third-order valence-corrected chi connectivity index (χ3v) is 4.29. The summed E-state index contributed by atoms with van der Waals surface area (Å²) in [6, 6.07) is 3.84. The number of hydrogen-bond acceptors (Lipinski definition) is 8. The van der Waals surface area contributed by atoms with Crippen LogP contribution in [0.2, 0.25) is 0 Å². The van der Waals surface area contributed by atoms with Gasteiger partial charge in [-0.25, -0.2) is 9.97 Å². The lowest BCUT2D eigenvalue weighted by Crippen LogP contribution is -2.23. The Hall–Kier alpha value is -3.27. The van der Waals surface area contributed by atoms with Gasteiger partial charge >= 0.3 is 0 Å². The van der Waals surface area contributed by atoms with E-state index in [2.05, 4.69) is 36.0 Å². The fourth-order valence-electron chi connectivity index (χ4n) is 2.99. The third-order valence-electron chi connectivity index (χ3n) is 4.29. The van der Waals surface area contributed by atoms with Crippen molar-refractivity contribution in [1.82, 2.24) is 30.0 Å². The molecule has 0 bridgehead atoms. The van der Waals surface area contributed by atoms with Crippen molar-refractivity contribution in [3.05, 3.63) is 29.6 Å². The first-order chi connectivity index (χ1) is 14.6. The number of anilines is 3. The number of ether oxygens (including phenoxy) is 1. The predicted molar refractivity (Wildman–Crippen MR) is 116 cm³/mol. The van der Waals surface area contributed by atoms with Gasteiger partial charge in [0.2, 0.25) is 5.95 Å². The molecule has 1 amide bonds. The Morgan fingerprint density at radius 2 is 2.03 bits per heavy atom. The minimum absolute atomic E-state index is 0.255. The predicted octanol–water partition coefficient (Wildman–Crippen LogP) is 2.49. The number of rotatable bonds is 10. The minimum Gasteiger partial charge on any atom is -0.380 e. The fourth-order valence-corrected chi connectivity index (χ4v) is 2.99. The van der Waals surface area contributed by atoms with Crippen LogP contribution in [-0.2, 0) is 11.3 Å². The van der Waals surface area contributed by atoms with Crippen LogP contribution in [0.15, 0.2) is 18.3 Å². The number of carbonyl (C=O) groups is 1. The molecule has 160 valence electrons. The molecule has 0 unspecified atom stereocenters. The molecule has 3 rings (SSSR count). The number of aryl methyl sites for hydroxylation is 1. The van der Waals surface area contributed by atoms with E-state index in [0.29, 0.717) is 61.5 Å². The number of amides is 1. The molecule has 3 N–H and O–H groups in total. The number of fused-ring (bicyclic) bond motifs is 1. The van der Waals surface area contributed by atoms with Gasteiger partial charge in [0.1, 0.15) is 16.9 Å². The van der Waals surface area contributed by atoms with Crippen molar-refractivity contribution in [2.45, 2.75) is 34.2 Å². The van der Waals surface area contributed by atoms with Crippen LogP contribution in [0.1, 0.15) is 36.8 Å². The van der Waals surface area contributed by atoms with E-state index >= 15 is 0 Å². The molecule has 0 aliphatic rings. The zero-order valence-electron chi connectivity index (χ0n) is 17.8. The van der Waals surface area contributed by atoms with Crippen molar-refractivity contribution >= 4 is 34.5 Å². The average molecular weight is 412 g/mol. The van der Waals surface area contributed by atoms with Gasteiger partial charge in [-0.3, -0.25) is 9.48 Å². The van der Waals surface area contributed by atoms with Gasteiger partial charge in [0.25, 0.3) is 5.91 Å². The van der Waals surface area contributed by atoms with E-state index in [-0.39, 0.29) is 11.6 Å². The summed E-state index contributed by atoms with van der Waals surface area (Å²) in [6.07, 6.45) is 1.73. The SMILES string of the molecule is CCNC(=O)c1nn(CCOCC)c2c(Nc3cc(C)ccn3)nc(NCC)nc12. The molecule has 0 atom stereocenters. The Balaban J connectivity index is 2.16. The Morgan fingerprint density at radius 1 is 1.20 bits per heavy atom. The van der Waals surface area contributed by atoms with E-state index in [4.69, 9.17) is 4.74 Å². The second-order valence-corrected chi connectivity index (χ2v) is 6.59. The summed E-state index contributed by atoms with van der Waals surface area (Å²) in [5.41, 5.74) is 2.42. The summed E-state index contributed by atoms with van der Waals surface area (Å²) in [4.78, 5) is 26.2. The largest absolute Gasteiger partial charge is 0.380 e. The third kappa shape index (κ3) is 4.82. The molecule has 10 heteroatoms. The maximum atomic E-state index is 12.7. The summed E-state index contributed by atoms with van der Waals surface area (Å²) in [7, 11) is 0. The van der Waals surface area contributed by atoms with Crippen LogP contribution < -0.4 is 16.0 Å². The number of pyridine rings is 1. The lowest BCUT2D eigenvalue weighted by molar-refractivity contribution is 0.0950. The lowest BCUT2D eigenvalue weighted by Gasteiger charge is -2.11. The number of aromatic nitrogens is 5. The van der Waals surface area contributed by atoms with Crippen LogP contribution in [0, 0.1) is 6.92 Å². The van der Waals surface area contributed by atoms with Crippen LogP contribution in [0.4, 0.5) is 17.6 Å². The maximum Gasteiger partial charge on any atom is 0.274 e. The highest BCUT2D eigenvalue weighted by atomic mass is 16.5. The minimum atomic E-state index is -0.279. The number of nitrogens with zero attached hydrogens (tertiary/aromatic N) is 5. The molecule has 3 aromatic heterocycles. The van der Waals surface area contributed by atoms with Gasteiger partial charge in [-0.2, -0.15) is 10.1 Å². The van der Waals surface area contributed by atoms with E-state index in [0.717, 1.165) is 5.56 Å². The molecule has 0 aliphatic carbocycles. The molecule has 0 aliphatic heterocycles. The Kier molecular flexibility index (Phi) is 7.12. The zero-order chi connectivity index (χ0) is 21.5. The number of hydrogen-bond donors (Lipinski definition) is 3. The molecule has 10 nitrogen and oxygen atoms in total. The summed E-state index contributed by atoms with van der Waals surface area (Å²) in [6.45, 7) is 10.4. The quantitative estimate of drug-likeness (QED) is 0.435. The molecule has 3 aromatic rings. The smallest absolute Gasteiger partial charge is 0.274 e. The molecule has 0 radical (unpaired) electrons. The van der Waals surface area contributed by atoms with Crippen LogP contribution >= 0.6 is 0 Å². The van der Waals surface area contributed by atoms with Gasteiger partial charge < -0.3 is 20.7 Å². The van der Waals surface area contributed by atoms with Crippen LogP contribution in [0.3, 0.4) is 0 Å². The Bertz CT molecular complexity index is 1020. The van der Waals surface area contributed by atoms with E-state index < -0.39 is 0 Å². The van der Waals surface area contributed by atoms with Crippen LogP contribution in [-0.4, -0.2) is 56.9 Å². The molecular formula is C20H28N8O2. The molecule has 0 fully saturated rings. The van der Waals surface area contributed by atoms with Crippen molar-refractivity contribution in [3.63, 3.8) is 0 Å². The van der Waals surface area contributed by atoms with E-state index in [1.807, 2.05) is 39.8 Å². The average Bonchev–Trinajstić information content (AvgIpc) is 3.08. The number of carbonyl (C=O) groups excluding carboxylic acids is 1. The van der Waals surface area contributed by atoms with Crippen LogP contribution in [0.25, 0.3) is 11.0 Å². The normalized spacial score (nSPS) is 10.9. The van der Waals surface area contributed by atoms with Crippen molar-refractivity contribution in [3.8, 4) is 0 Å². The van der Waals surface area contributed by atoms with Gasteiger partial charge in [0, 0.05) is 25.9 Å². The van der Waals surface area contributed by atoms with Crippen molar-refractivity contribution in [1.29, 1.82) is 0 Å². The summed E-state index contributed by atoms with van der Waals surface area (Å²) >= 11 is 0. The second kappa shape index (κ2) is 9.97. The lowest BCUT2D eigenvalue weighted by atomic mass is 10.3. The van der Waals surface area contributed by atoms with Crippen molar-refractivity contribution in [2.24, 2.45) is 0 Å². The summed E-state index contributed by atoms with van der Waals surface area (Å²) < 4.78 is 7.20. The zero-order valence-corrected chi connectivity index (χ0v) is 17.8. The number of nitrogens with one attached hydrogen (secondary N) is 3. The first-order valence-corrected chi connectivity index (χ1v) is 10.1. The Labute approximate surface area is 175 Å². The van der Waals surface area contributed by atoms with Crippen LogP contribution in [0.5, 0.6) is 0 Å². The fraction of sp³-hybridized carbons (Fsp3) is 0.450. The Morgan fingerprint density at radius 3 is 2.73 bits per heavy atom. The van der Waals surface area contributed by atoms with E-state index in [9.17, 15) is 4.79 Å². The monoisotopic (exact) mass is 412 g/mol. The first kappa shape index (κ1) is 21.4. The van der Waals surface area contributed by atoms with Gasteiger partial charge in [-0.15, -0.1) is 0 Å². The first-order valence-electron chi connectivity index (χ1n) is 10.1. The molecule has 0 aromatic carbocycles. The molecule has 0 saturated heterocycles.